The molecule has 2 rings (SSSR count). The maximum absolute atomic E-state index is 12.1. The second kappa shape index (κ2) is 6.04. The first-order valence-electron chi connectivity index (χ1n) is 6.28. The van der Waals surface area contributed by atoms with Gasteiger partial charge in [-0.15, -0.1) is 0 Å². The van der Waals surface area contributed by atoms with E-state index in [1.54, 1.807) is 6.92 Å². The van der Waals surface area contributed by atoms with Gasteiger partial charge in [0.25, 0.3) is 11.6 Å². The Balaban J connectivity index is 2.17. The number of carboxylic acid groups (broad SMARTS) is 1. The van der Waals surface area contributed by atoms with E-state index in [0.717, 1.165) is 0 Å². The van der Waals surface area contributed by atoms with E-state index >= 15 is 0 Å². The van der Waals surface area contributed by atoms with Crippen LogP contribution in [0.3, 0.4) is 0 Å². The number of carbonyl (C=O) groups is 2. The molecule has 0 atom stereocenters. The maximum atomic E-state index is 12.1. The van der Waals surface area contributed by atoms with Gasteiger partial charge in [0.15, 0.2) is 0 Å². The highest BCUT2D eigenvalue weighted by molar-refractivity contribution is 6.04. The number of hydrogen-bond donors (Lipinski definition) is 2. The predicted octanol–water partition coefficient (Wildman–Crippen LogP) is 2.85. The Labute approximate surface area is 125 Å². The predicted molar refractivity (Wildman–Crippen MR) is 79.2 cm³/mol. The number of amides is 1. The zero-order valence-corrected chi connectivity index (χ0v) is 11.6. The van der Waals surface area contributed by atoms with E-state index in [1.807, 2.05) is 0 Å². The van der Waals surface area contributed by atoms with Crippen molar-refractivity contribution in [2.75, 3.05) is 5.32 Å². The lowest BCUT2D eigenvalue weighted by Crippen LogP contribution is -2.12. The van der Waals surface area contributed by atoms with Crippen LogP contribution in [0.4, 0.5) is 11.4 Å². The summed E-state index contributed by atoms with van der Waals surface area (Å²) in [5.41, 5.74) is 1.17. The average Bonchev–Trinajstić information content (AvgIpc) is 2.47. The molecule has 0 saturated heterocycles. The van der Waals surface area contributed by atoms with Gasteiger partial charge in [-0.1, -0.05) is 0 Å². The van der Waals surface area contributed by atoms with Crippen molar-refractivity contribution in [1.82, 2.24) is 0 Å². The first kappa shape index (κ1) is 15.2. The summed E-state index contributed by atoms with van der Waals surface area (Å²) in [6.07, 6.45) is 0. The lowest BCUT2D eigenvalue weighted by molar-refractivity contribution is -0.385. The van der Waals surface area contributed by atoms with Crippen molar-refractivity contribution in [3.63, 3.8) is 0 Å². The van der Waals surface area contributed by atoms with Gasteiger partial charge < -0.3 is 10.4 Å². The Morgan fingerprint density at radius 3 is 2.18 bits per heavy atom. The quantitative estimate of drug-likeness (QED) is 0.666. The third-order valence-electron chi connectivity index (χ3n) is 3.05. The normalized spacial score (nSPS) is 10.0. The number of nitro benzene ring substituents is 1. The van der Waals surface area contributed by atoms with Crippen LogP contribution in [0.5, 0.6) is 0 Å². The van der Waals surface area contributed by atoms with Crippen LogP contribution in [0, 0.1) is 17.0 Å². The molecule has 0 aliphatic rings. The lowest BCUT2D eigenvalue weighted by atomic mass is 10.1. The standard InChI is InChI=1S/C15H12N2O5/c1-9-8-11(4-7-13(9)17(21)22)14(18)16-12-5-2-10(3-6-12)15(19)20/h2-8H,1H3,(H,16,18)(H,19,20). The van der Waals surface area contributed by atoms with Crippen molar-refractivity contribution in [3.05, 3.63) is 69.3 Å². The second-order valence-electron chi connectivity index (χ2n) is 4.60. The number of carbonyl (C=O) groups excluding carboxylic acids is 1. The van der Waals surface area contributed by atoms with E-state index in [0.29, 0.717) is 11.3 Å². The van der Waals surface area contributed by atoms with E-state index < -0.39 is 16.8 Å². The number of aromatic carboxylic acids is 1. The third kappa shape index (κ3) is 3.26. The minimum atomic E-state index is -1.05. The molecule has 0 unspecified atom stereocenters. The number of nitrogens with one attached hydrogen (secondary N) is 1. The van der Waals surface area contributed by atoms with Gasteiger partial charge in [-0.05, 0) is 43.3 Å². The van der Waals surface area contributed by atoms with Gasteiger partial charge in [0, 0.05) is 22.9 Å². The molecule has 7 nitrogen and oxygen atoms in total. The number of aryl methyl sites for hydroxylation is 1. The first-order valence-corrected chi connectivity index (χ1v) is 6.28. The summed E-state index contributed by atoms with van der Waals surface area (Å²) >= 11 is 0. The molecule has 0 spiro atoms. The monoisotopic (exact) mass is 300 g/mol. The number of hydrogen-bond acceptors (Lipinski definition) is 4. The molecule has 2 N–H and O–H groups in total. The minimum Gasteiger partial charge on any atom is -0.478 e. The fourth-order valence-electron chi connectivity index (χ4n) is 1.90. The van der Waals surface area contributed by atoms with Gasteiger partial charge >= 0.3 is 5.97 Å². The Kier molecular flexibility index (Phi) is 4.17. The van der Waals surface area contributed by atoms with Crippen molar-refractivity contribution in [3.8, 4) is 0 Å². The molecule has 0 saturated carbocycles. The zero-order chi connectivity index (χ0) is 16.3. The van der Waals surface area contributed by atoms with Crippen molar-refractivity contribution in [2.45, 2.75) is 6.92 Å². The average molecular weight is 300 g/mol. The van der Waals surface area contributed by atoms with Gasteiger partial charge in [-0.25, -0.2) is 4.79 Å². The molecule has 0 bridgehead atoms. The highest BCUT2D eigenvalue weighted by Crippen LogP contribution is 2.19. The van der Waals surface area contributed by atoms with E-state index in [4.69, 9.17) is 5.11 Å². The van der Waals surface area contributed by atoms with Crippen LogP contribution in [0.2, 0.25) is 0 Å². The van der Waals surface area contributed by atoms with Gasteiger partial charge in [0.1, 0.15) is 0 Å². The highest BCUT2D eigenvalue weighted by atomic mass is 16.6. The third-order valence-corrected chi connectivity index (χ3v) is 3.05. The number of rotatable bonds is 4. The first-order chi connectivity index (χ1) is 10.4. The number of carboxylic acids is 1. The molecular weight excluding hydrogens is 288 g/mol. The fraction of sp³-hybridized carbons (Fsp3) is 0.0667. The summed E-state index contributed by atoms with van der Waals surface area (Å²) < 4.78 is 0. The van der Waals surface area contributed by atoms with Crippen LogP contribution in [-0.4, -0.2) is 21.9 Å². The van der Waals surface area contributed by atoms with Crippen LogP contribution >= 0.6 is 0 Å². The summed E-state index contributed by atoms with van der Waals surface area (Å²) in [6.45, 7) is 1.55. The summed E-state index contributed by atoms with van der Waals surface area (Å²) in [6, 6.07) is 9.76. The summed E-state index contributed by atoms with van der Waals surface area (Å²) in [7, 11) is 0. The van der Waals surface area contributed by atoms with Gasteiger partial charge in [-0.3, -0.25) is 14.9 Å². The van der Waals surface area contributed by atoms with Crippen LogP contribution in [0.15, 0.2) is 42.5 Å². The Morgan fingerprint density at radius 2 is 1.68 bits per heavy atom. The van der Waals surface area contributed by atoms with Crippen molar-refractivity contribution in [1.29, 1.82) is 0 Å². The van der Waals surface area contributed by atoms with Crippen molar-refractivity contribution in [2.24, 2.45) is 0 Å². The number of anilines is 1. The molecule has 2 aromatic carbocycles. The smallest absolute Gasteiger partial charge is 0.335 e. The number of benzene rings is 2. The van der Waals surface area contributed by atoms with Gasteiger partial charge in [0.2, 0.25) is 0 Å². The van der Waals surface area contributed by atoms with E-state index in [2.05, 4.69) is 5.32 Å². The van der Waals surface area contributed by atoms with Crippen molar-refractivity contribution < 1.29 is 19.6 Å². The molecule has 0 aliphatic heterocycles. The Morgan fingerprint density at radius 1 is 1.09 bits per heavy atom. The molecule has 0 fully saturated rings. The Bertz CT molecular complexity index is 753. The molecule has 0 radical (unpaired) electrons. The summed E-state index contributed by atoms with van der Waals surface area (Å²) in [5, 5.41) is 22.1. The fourth-order valence-corrected chi connectivity index (χ4v) is 1.90. The van der Waals surface area contributed by atoms with Gasteiger partial charge in [0.05, 0.1) is 10.5 Å². The number of nitro groups is 1. The molecule has 0 aliphatic carbocycles. The second-order valence-corrected chi connectivity index (χ2v) is 4.60. The van der Waals surface area contributed by atoms with Crippen LogP contribution in [-0.2, 0) is 0 Å². The molecular formula is C15H12N2O5. The minimum absolute atomic E-state index is 0.0534. The van der Waals surface area contributed by atoms with Crippen LogP contribution in [0.1, 0.15) is 26.3 Å². The molecule has 0 heterocycles. The van der Waals surface area contributed by atoms with E-state index in [-0.39, 0.29) is 16.8 Å². The van der Waals surface area contributed by atoms with Crippen molar-refractivity contribution >= 4 is 23.3 Å². The van der Waals surface area contributed by atoms with E-state index in [1.165, 1.54) is 42.5 Å². The summed E-state index contributed by atoms with van der Waals surface area (Å²) in [5.74, 6) is -1.48. The maximum Gasteiger partial charge on any atom is 0.335 e. The lowest BCUT2D eigenvalue weighted by Gasteiger charge is -2.06. The molecule has 7 heteroatoms. The molecule has 2 aromatic rings. The molecule has 22 heavy (non-hydrogen) atoms. The summed E-state index contributed by atoms with van der Waals surface area (Å²) in [4.78, 5) is 33.0. The zero-order valence-electron chi connectivity index (χ0n) is 11.6. The van der Waals surface area contributed by atoms with Crippen LogP contribution in [0.25, 0.3) is 0 Å². The topological polar surface area (TPSA) is 110 Å². The van der Waals surface area contributed by atoms with Crippen LogP contribution < -0.4 is 5.32 Å². The molecule has 112 valence electrons. The highest BCUT2D eigenvalue weighted by Gasteiger charge is 2.14. The Hall–Kier alpha value is -3.22. The largest absolute Gasteiger partial charge is 0.478 e. The SMILES string of the molecule is Cc1cc(C(=O)Nc2ccc(C(=O)O)cc2)ccc1[N+](=O)[O-]. The molecule has 1 amide bonds. The van der Waals surface area contributed by atoms with Gasteiger partial charge in [-0.2, -0.15) is 0 Å². The number of nitrogens with zero attached hydrogens (tertiary/aromatic N) is 1. The molecule has 0 aromatic heterocycles. The van der Waals surface area contributed by atoms with E-state index in [9.17, 15) is 19.7 Å².